The molecule has 0 bridgehead atoms. The number of fused-ring (bicyclic) bond motifs is 1. The third-order valence-corrected chi connectivity index (χ3v) is 7.15. The van der Waals surface area contributed by atoms with Gasteiger partial charge < -0.3 is 5.11 Å². The Labute approximate surface area is 205 Å². The molecule has 1 N–H and O–H groups in total. The second kappa shape index (κ2) is 9.76. The fourth-order valence-corrected chi connectivity index (χ4v) is 5.07. The third-order valence-electron chi connectivity index (χ3n) is 6.32. The number of carbonyl (C=O) groups is 1. The highest BCUT2D eigenvalue weighted by Crippen LogP contribution is 2.34. The second-order valence-electron chi connectivity index (χ2n) is 8.87. The standard InChI is InChI=1S/C24H24Cl2F3N3O2/c1-14-8-18(24(27,28)29)10-17-12-32(30-23(14)17)13-19-20(25)3-2-16(22(19)26)11-31-6-4-15(5-7-31)9-21(33)34/h2-3,8,10,12,15H,4-7,9,11,13H2,1H3,(H,33,34). The van der Waals surface area contributed by atoms with Crippen molar-refractivity contribution in [1.29, 1.82) is 0 Å². The van der Waals surface area contributed by atoms with Crippen LogP contribution in [-0.2, 0) is 24.1 Å². The molecule has 1 aliphatic heterocycles. The molecule has 2 heterocycles. The molecule has 182 valence electrons. The van der Waals surface area contributed by atoms with Gasteiger partial charge in [-0.05, 0) is 68.1 Å². The molecule has 0 saturated carbocycles. The van der Waals surface area contributed by atoms with Gasteiger partial charge in [0.05, 0.1) is 22.6 Å². The van der Waals surface area contributed by atoms with Crippen LogP contribution in [0.3, 0.4) is 0 Å². The summed E-state index contributed by atoms with van der Waals surface area (Å²) in [5.41, 5.74) is 1.79. The molecule has 34 heavy (non-hydrogen) atoms. The number of nitrogens with zero attached hydrogens (tertiary/aromatic N) is 3. The summed E-state index contributed by atoms with van der Waals surface area (Å²) in [5, 5.41) is 14.8. The van der Waals surface area contributed by atoms with Crippen LogP contribution in [0, 0.1) is 12.8 Å². The molecule has 5 nitrogen and oxygen atoms in total. The van der Waals surface area contributed by atoms with Crippen molar-refractivity contribution in [1.82, 2.24) is 14.7 Å². The molecule has 0 atom stereocenters. The van der Waals surface area contributed by atoms with Crippen LogP contribution in [0.15, 0.2) is 30.5 Å². The minimum Gasteiger partial charge on any atom is -0.481 e. The highest BCUT2D eigenvalue weighted by molar-refractivity contribution is 6.36. The van der Waals surface area contributed by atoms with Gasteiger partial charge in [-0.2, -0.15) is 18.3 Å². The van der Waals surface area contributed by atoms with Gasteiger partial charge in [0.1, 0.15) is 0 Å². The Morgan fingerprint density at radius 2 is 1.88 bits per heavy atom. The molecular weight excluding hydrogens is 490 g/mol. The van der Waals surface area contributed by atoms with Crippen molar-refractivity contribution >= 4 is 40.1 Å². The highest BCUT2D eigenvalue weighted by atomic mass is 35.5. The molecule has 1 aliphatic rings. The summed E-state index contributed by atoms with van der Waals surface area (Å²) < 4.78 is 41.1. The number of carboxylic acid groups (broad SMARTS) is 1. The number of carboxylic acids is 1. The Bertz CT molecular complexity index is 1220. The number of alkyl halides is 3. The van der Waals surface area contributed by atoms with E-state index in [0.29, 0.717) is 38.6 Å². The second-order valence-corrected chi connectivity index (χ2v) is 9.66. The van der Waals surface area contributed by atoms with Crippen molar-refractivity contribution in [2.75, 3.05) is 13.1 Å². The number of likely N-dealkylation sites (tertiary alicyclic amines) is 1. The maximum Gasteiger partial charge on any atom is 0.416 e. The van der Waals surface area contributed by atoms with Gasteiger partial charge in [0.2, 0.25) is 0 Å². The first-order valence-corrected chi connectivity index (χ1v) is 11.7. The Kier molecular flexibility index (Phi) is 7.12. The number of aryl methyl sites for hydroxylation is 1. The van der Waals surface area contributed by atoms with Gasteiger partial charge in [0.15, 0.2) is 0 Å². The van der Waals surface area contributed by atoms with Crippen LogP contribution in [0.1, 0.15) is 41.5 Å². The molecule has 1 aromatic heterocycles. The maximum absolute atomic E-state index is 13.2. The first-order chi connectivity index (χ1) is 16.0. The lowest BCUT2D eigenvalue weighted by molar-refractivity contribution is -0.139. The van der Waals surface area contributed by atoms with Gasteiger partial charge in [0, 0.05) is 35.1 Å². The number of aromatic nitrogens is 2. The molecule has 1 fully saturated rings. The Balaban J connectivity index is 1.53. The molecule has 0 spiro atoms. The summed E-state index contributed by atoms with van der Waals surface area (Å²) >= 11 is 13.2. The van der Waals surface area contributed by atoms with Gasteiger partial charge >= 0.3 is 12.1 Å². The van der Waals surface area contributed by atoms with Crippen LogP contribution >= 0.6 is 23.2 Å². The third kappa shape index (κ3) is 5.50. The zero-order chi connectivity index (χ0) is 24.6. The first kappa shape index (κ1) is 24.8. The van der Waals surface area contributed by atoms with E-state index in [4.69, 9.17) is 28.3 Å². The summed E-state index contributed by atoms with van der Waals surface area (Å²) in [5.74, 6) is -0.569. The maximum atomic E-state index is 13.2. The van der Waals surface area contributed by atoms with Crippen molar-refractivity contribution < 1.29 is 23.1 Å². The average Bonchev–Trinajstić information content (AvgIpc) is 3.17. The lowest BCUT2D eigenvalue weighted by atomic mass is 9.93. The van der Waals surface area contributed by atoms with E-state index in [1.165, 1.54) is 0 Å². The van der Waals surface area contributed by atoms with E-state index in [9.17, 15) is 18.0 Å². The van der Waals surface area contributed by atoms with E-state index in [-0.39, 0.29) is 18.9 Å². The molecule has 10 heteroatoms. The monoisotopic (exact) mass is 513 g/mol. The Hall–Kier alpha value is -2.29. The zero-order valence-electron chi connectivity index (χ0n) is 18.5. The quantitative estimate of drug-likeness (QED) is 0.414. The SMILES string of the molecule is Cc1cc(C(F)(F)F)cc2cn(Cc3c(Cl)ccc(CN4CCC(CC(=O)O)CC4)c3Cl)nc12. The summed E-state index contributed by atoms with van der Waals surface area (Å²) in [7, 11) is 0. The zero-order valence-corrected chi connectivity index (χ0v) is 20.0. The van der Waals surface area contributed by atoms with Crippen LogP contribution in [0.25, 0.3) is 10.9 Å². The summed E-state index contributed by atoms with van der Waals surface area (Å²) in [6.07, 6.45) is -1.01. The first-order valence-electron chi connectivity index (χ1n) is 11.0. The van der Waals surface area contributed by atoms with Crippen LogP contribution in [-0.4, -0.2) is 38.8 Å². The van der Waals surface area contributed by atoms with Crippen LogP contribution in [0.4, 0.5) is 13.2 Å². The van der Waals surface area contributed by atoms with Gasteiger partial charge in [-0.25, -0.2) is 0 Å². The molecule has 0 unspecified atom stereocenters. The van der Waals surface area contributed by atoms with Gasteiger partial charge in [0.25, 0.3) is 0 Å². The van der Waals surface area contributed by atoms with Crippen molar-refractivity contribution in [3.8, 4) is 0 Å². The lowest BCUT2D eigenvalue weighted by Gasteiger charge is -2.31. The van der Waals surface area contributed by atoms with Gasteiger partial charge in [-0.3, -0.25) is 14.4 Å². The van der Waals surface area contributed by atoms with E-state index < -0.39 is 17.7 Å². The molecule has 1 saturated heterocycles. The molecular formula is C24H24Cl2F3N3O2. The largest absolute Gasteiger partial charge is 0.481 e. The smallest absolute Gasteiger partial charge is 0.416 e. The molecule has 4 rings (SSSR count). The van der Waals surface area contributed by atoms with Crippen LogP contribution in [0.5, 0.6) is 0 Å². The van der Waals surface area contributed by atoms with E-state index in [0.717, 1.165) is 43.6 Å². The van der Waals surface area contributed by atoms with Crippen LogP contribution in [0.2, 0.25) is 10.0 Å². The topological polar surface area (TPSA) is 58.4 Å². The number of piperidine rings is 1. The Morgan fingerprint density at radius 3 is 2.53 bits per heavy atom. The predicted octanol–water partition coefficient (Wildman–Crippen LogP) is 6.41. The number of rotatable bonds is 6. The van der Waals surface area contributed by atoms with Crippen LogP contribution < -0.4 is 0 Å². The van der Waals surface area contributed by atoms with Crippen molar-refractivity contribution in [2.45, 2.75) is 45.5 Å². The van der Waals surface area contributed by atoms with Gasteiger partial charge in [-0.15, -0.1) is 0 Å². The highest BCUT2D eigenvalue weighted by Gasteiger charge is 2.31. The summed E-state index contributed by atoms with van der Waals surface area (Å²) in [4.78, 5) is 13.2. The fourth-order valence-electron chi connectivity index (χ4n) is 4.52. The van der Waals surface area contributed by atoms with Crippen molar-refractivity contribution in [3.05, 3.63) is 62.8 Å². The van der Waals surface area contributed by atoms with E-state index in [1.54, 1.807) is 23.9 Å². The molecule has 0 amide bonds. The van der Waals surface area contributed by atoms with Crippen molar-refractivity contribution in [2.24, 2.45) is 5.92 Å². The predicted molar refractivity (Wildman–Crippen MR) is 125 cm³/mol. The molecule has 0 radical (unpaired) electrons. The minimum absolute atomic E-state index is 0.195. The van der Waals surface area contributed by atoms with E-state index in [1.807, 2.05) is 6.07 Å². The fraction of sp³-hybridized carbons (Fsp3) is 0.417. The minimum atomic E-state index is -4.43. The van der Waals surface area contributed by atoms with E-state index >= 15 is 0 Å². The van der Waals surface area contributed by atoms with Crippen molar-refractivity contribution in [3.63, 3.8) is 0 Å². The molecule has 3 aromatic rings. The normalized spacial score (nSPS) is 15.8. The average molecular weight is 514 g/mol. The lowest BCUT2D eigenvalue weighted by Crippen LogP contribution is -2.34. The Morgan fingerprint density at radius 1 is 1.18 bits per heavy atom. The number of hydrogen-bond acceptors (Lipinski definition) is 3. The summed E-state index contributed by atoms with van der Waals surface area (Å²) in [6.45, 7) is 4.02. The number of hydrogen-bond donors (Lipinski definition) is 1. The number of aliphatic carboxylic acids is 1. The number of benzene rings is 2. The number of halogens is 5. The summed E-state index contributed by atoms with van der Waals surface area (Å²) in [6, 6.07) is 5.84. The van der Waals surface area contributed by atoms with E-state index in [2.05, 4.69) is 10.00 Å². The molecule has 2 aromatic carbocycles. The van der Waals surface area contributed by atoms with Gasteiger partial charge in [-0.1, -0.05) is 29.3 Å². The molecule has 0 aliphatic carbocycles.